The molecule has 0 aliphatic carbocycles. The molecule has 8 heteroatoms. The van der Waals surface area contributed by atoms with E-state index < -0.39 is 30.9 Å². The highest BCUT2D eigenvalue weighted by molar-refractivity contribution is 6.62. The van der Waals surface area contributed by atoms with Crippen molar-refractivity contribution >= 4 is 18.5 Å². The highest BCUT2D eigenvalue weighted by atomic mass is 19.4. The Morgan fingerprint density at radius 1 is 1.08 bits per heavy atom. The van der Waals surface area contributed by atoms with Crippen LogP contribution in [-0.2, 0) is 9.31 Å². The average molecular weight is 369 g/mol. The second-order valence-corrected chi connectivity index (χ2v) is 7.21. The van der Waals surface area contributed by atoms with Gasteiger partial charge in [0, 0.05) is 12.1 Å². The zero-order valence-corrected chi connectivity index (χ0v) is 15.3. The molecule has 0 atom stereocenters. The lowest BCUT2D eigenvalue weighted by molar-refractivity contribution is -0.125. The van der Waals surface area contributed by atoms with E-state index >= 15 is 0 Å². The number of rotatable bonds is 5. The fourth-order valence-electron chi connectivity index (χ4n) is 2.32. The molecule has 0 saturated carbocycles. The monoisotopic (exact) mass is 369 g/mol. The van der Waals surface area contributed by atoms with Gasteiger partial charge in [-0.15, -0.1) is 0 Å². The molecule has 142 valence electrons. The van der Waals surface area contributed by atoms with Crippen molar-refractivity contribution in [2.45, 2.75) is 51.5 Å². The lowest BCUT2D eigenvalue weighted by Crippen LogP contribution is -2.41. The maximum atomic E-state index is 12.0. The molecular formula is C18H23BF3NO3. The number of allylic oxidation sites excluding steroid dienone is 1. The molecular weight excluding hydrogens is 346 g/mol. The van der Waals surface area contributed by atoms with Crippen molar-refractivity contribution in [3.63, 3.8) is 0 Å². The van der Waals surface area contributed by atoms with Gasteiger partial charge in [0.2, 0.25) is 0 Å². The Labute approximate surface area is 151 Å². The van der Waals surface area contributed by atoms with Crippen LogP contribution in [0.4, 0.5) is 13.2 Å². The minimum Gasteiger partial charge on any atom is -0.399 e. The van der Waals surface area contributed by atoms with Crippen LogP contribution >= 0.6 is 0 Å². The largest absolute Gasteiger partial charge is 0.494 e. The zero-order valence-electron chi connectivity index (χ0n) is 15.3. The van der Waals surface area contributed by atoms with E-state index in [1.54, 1.807) is 24.3 Å². The minimum absolute atomic E-state index is 0.0356. The van der Waals surface area contributed by atoms with Crippen LogP contribution in [0.2, 0.25) is 0 Å². The lowest BCUT2D eigenvalue weighted by atomic mass is 9.79. The predicted molar refractivity (Wildman–Crippen MR) is 94.3 cm³/mol. The van der Waals surface area contributed by atoms with Gasteiger partial charge in [-0.25, -0.2) is 0 Å². The minimum atomic E-state index is -4.23. The molecule has 0 aromatic heterocycles. The topological polar surface area (TPSA) is 47.6 Å². The van der Waals surface area contributed by atoms with Crippen molar-refractivity contribution in [2.24, 2.45) is 0 Å². The summed E-state index contributed by atoms with van der Waals surface area (Å²) in [4.78, 5) is 12.0. The Bertz CT molecular complexity index is 653. The third-order valence-electron chi connectivity index (χ3n) is 4.59. The van der Waals surface area contributed by atoms with Crippen LogP contribution in [0, 0.1) is 0 Å². The number of hydrogen-bond acceptors (Lipinski definition) is 3. The summed E-state index contributed by atoms with van der Waals surface area (Å²) in [5, 5.41) is 2.54. The van der Waals surface area contributed by atoms with E-state index in [0.29, 0.717) is 5.56 Å². The summed E-state index contributed by atoms with van der Waals surface area (Å²) in [5.41, 5.74) is 0.312. The average Bonchev–Trinajstić information content (AvgIpc) is 2.74. The molecule has 1 saturated heterocycles. The Morgan fingerprint density at radius 3 is 2.12 bits per heavy atom. The summed E-state index contributed by atoms with van der Waals surface area (Å²) in [6, 6.07) is 6.76. The van der Waals surface area contributed by atoms with Crippen LogP contribution in [-0.4, -0.2) is 36.9 Å². The van der Waals surface area contributed by atoms with Crippen LogP contribution < -0.4 is 10.8 Å². The van der Waals surface area contributed by atoms with E-state index in [1.807, 2.05) is 27.7 Å². The van der Waals surface area contributed by atoms with Crippen molar-refractivity contribution in [1.29, 1.82) is 0 Å². The van der Waals surface area contributed by atoms with E-state index in [-0.39, 0.29) is 12.5 Å². The Morgan fingerprint density at radius 2 is 1.62 bits per heavy atom. The number of nitrogens with one attached hydrogen (secondary N) is 1. The van der Waals surface area contributed by atoms with E-state index in [0.717, 1.165) is 11.5 Å². The molecule has 1 aliphatic heterocycles. The van der Waals surface area contributed by atoms with Gasteiger partial charge in [-0.05, 0) is 45.3 Å². The van der Waals surface area contributed by atoms with Gasteiger partial charge in [0.15, 0.2) is 0 Å². The van der Waals surface area contributed by atoms with Gasteiger partial charge in [0.05, 0.1) is 17.6 Å². The van der Waals surface area contributed by atoms with Gasteiger partial charge < -0.3 is 14.6 Å². The molecule has 1 amide bonds. The first kappa shape index (κ1) is 20.5. The number of alkyl halides is 3. The fourth-order valence-corrected chi connectivity index (χ4v) is 2.32. The summed E-state index contributed by atoms with van der Waals surface area (Å²) < 4.78 is 47.9. The van der Waals surface area contributed by atoms with E-state index in [9.17, 15) is 18.0 Å². The molecule has 1 aromatic rings. The molecule has 1 aliphatic rings. The quantitative estimate of drug-likeness (QED) is 0.641. The first-order chi connectivity index (χ1) is 11.9. The van der Waals surface area contributed by atoms with E-state index in [2.05, 4.69) is 5.32 Å². The first-order valence-electron chi connectivity index (χ1n) is 8.37. The third-order valence-corrected chi connectivity index (χ3v) is 4.59. The van der Waals surface area contributed by atoms with Gasteiger partial charge in [-0.2, -0.15) is 13.2 Å². The smallest absolute Gasteiger partial charge is 0.399 e. The predicted octanol–water partition coefficient (Wildman–Crippen LogP) is 3.22. The summed E-state index contributed by atoms with van der Waals surface area (Å²) in [5.74, 6) is -0.359. The maximum Gasteiger partial charge on any atom is 0.494 e. The number of amides is 1. The summed E-state index contributed by atoms with van der Waals surface area (Å²) in [6.45, 7) is 7.87. The first-order valence-corrected chi connectivity index (χ1v) is 8.37. The molecule has 1 aromatic carbocycles. The molecule has 1 heterocycles. The van der Waals surface area contributed by atoms with E-state index in [4.69, 9.17) is 9.31 Å². The van der Waals surface area contributed by atoms with Gasteiger partial charge in [0.1, 0.15) is 0 Å². The zero-order chi connectivity index (χ0) is 19.6. The molecule has 1 N–H and O–H groups in total. The molecule has 26 heavy (non-hydrogen) atoms. The van der Waals surface area contributed by atoms with Crippen molar-refractivity contribution in [1.82, 2.24) is 5.32 Å². The number of carbonyl (C=O) groups excluding carboxylic acids is 1. The third kappa shape index (κ3) is 5.11. The van der Waals surface area contributed by atoms with Crippen molar-refractivity contribution < 1.29 is 27.3 Å². The van der Waals surface area contributed by atoms with Crippen LogP contribution in [0.3, 0.4) is 0 Å². The maximum absolute atomic E-state index is 12.0. The molecule has 0 radical (unpaired) electrons. The molecule has 0 spiro atoms. The SMILES string of the molecule is CC1(C)OB(c2ccc(C(=O)NC/C=C/CC(F)(F)F)cc2)OC1(C)C. The highest BCUT2D eigenvalue weighted by Gasteiger charge is 2.51. The van der Waals surface area contributed by atoms with Gasteiger partial charge in [-0.1, -0.05) is 24.3 Å². The second kappa shape index (κ2) is 7.44. The standard InChI is InChI=1S/C18H23BF3NO3/c1-16(2)17(3,4)26-19(25-16)14-9-7-13(8-10-14)15(24)23-12-6-5-11-18(20,21)22/h5-10H,11-12H2,1-4H3,(H,23,24)/b6-5+. The Kier molecular flexibility index (Phi) is 5.87. The molecule has 0 unspecified atom stereocenters. The summed E-state index contributed by atoms with van der Waals surface area (Å²) >= 11 is 0. The van der Waals surface area contributed by atoms with E-state index in [1.165, 1.54) is 6.08 Å². The normalized spacial score (nSPS) is 19.1. The second-order valence-electron chi connectivity index (χ2n) is 7.21. The Hall–Kier alpha value is -1.80. The van der Waals surface area contributed by atoms with Crippen LogP contribution in [0.1, 0.15) is 44.5 Å². The molecule has 0 bridgehead atoms. The molecule has 1 fully saturated rings. The van der Waals surface area contributed by atoms with Crippen molar-refractivity contribution in [2.75, 3.05) is 6.54 Å². The van der Waals surface area contributed by atoms with Crippen LogP contribution in [0.15, 0.2) is 36.4 Å². The number of benzene rings is 1. The number of halogens is 3. The lowest BCUT2D eigenvalue weighted by Gasteiger charge is -2.32. The van der Waals surface area contributed by atoms with Gasteiger partial charge >= 0.3 is 13.3 Å². The van der Waals surface area contributed by atoms with Crippen LogP contribution in [0.5, 0.6) is 0 Å². The summed E-state index contributed by atoms with van der Waals surface area (Å²) in [7, 11) is -0.512. The van der Waals surface area contributed by atoms with Crippen LogP contribution in [0.25, 0.3) is 0 Å². The fraction of sp³-hybridized carbons (Fsp3) is 0.500. The summed E-state index contributed by atoms with van der Waals surface area (Å²) in [6.07, 6.45) is -2.97. The molecule has 4 nitrogen and oxygen atoms in total. The van der Waals surface area contributed by atoms with Crippen molar-refractivity contribution in [3.05, 3.63) is 42.0 Å². The highest BCUT2D eigenvalue weighted by Crippen LogP contribution is 2.36. The number of carbonyl (C=O) groups is 1. The van der Waals surface area contributed by atoms with Gasteiger partial charge in [-0.3, -0.25) is 4.79 Å². The number of hydrogen-bond donors (Lipinski definition) is 1. The van der Waals surface area contributed by atoms with Crippen molar-refractivity contribution in [3.8, 4) is 0 Å². The molecule has 2 rings (SSSR count). The van der Waals surface area contributed by atoms with Gasteiger partial charge in [0.25, 0.3) is 5.91 Å². The Balaban J connectivity index is 1.90.